The average molecular weight is 343 g/mol. The normalized spacial score (nSPS) is 12.6. The highest BCUT2D eigenvalue weighted by Crippen LogP contribution is 2.39. The molecule has 25 heavy (non-hydrogen) atoms. The number of methoxy groups -OCH3 is 4. The second-order valence-electron chi connectivity index (χ2n) is 5.62. The van der Waals surface area contributed by atoms with Crippen LogP contribution < -0.4 is 23.8 Å². The molecule has 3 rings (SSSR count). The van der Waals surface area contributed by atoms with Crippen LogP contribution in [0.2, 0.25) is 0 Å². The second-order valence-corrected chi connectivity index (χ2v) is 5.62. The molecule has 2 aromatic carbocycles. The summed E-state index contributed by atoms with van der Waals surface area (Å²) < 4.78 is 21.2. The van der Waals surface area contributed by atoms with E-state index >= 15 is 0 Å². The minimum Gasteiger partial charge on any atom is -0.497 e. The fraction of sp³-hybridized carbons (Fsp3) is 0.316. The van der Waals surface area contributed by atoms with E-state index in [0.717, 1.165) is 23.4 Å². The molecule has 0 spiro atoms. The molecule has 0 atom stereocenters. The first kappa shape index (κ1) is 17.0. The second kappa shape index (κ2) is 6.93. The van der Waals surface area contributed by atoms with Gasteiger partial charge in [-0.3, -0.25) is 4.79 Å². The Bertz CT molecular complexity index is 777. The Morgan fingerprint density at radius 1 is 0.920 bits per heavy atom. The number of carbonyl (C=O) groups is 1. The van der Waals surface area contributed by atoms with Gasteiger partial charge in [-0.1, -0.05) is 0 Å². The minimum atomic E-state index is -0.108. The van der Waals surface area contributed by atoms with Gasteiger partial charge in [-0.25, -0.2) is 0 Å². The Labute approximate surface area is 146 Å². The molecule has 132 valence electrons. The van der Waals surface area contributed by atoms with Crippen LogP contribution in [0.5, 0.6) is 23.0 Å². The maximum atomic E-state index is 13.0. The van der Waals surface area contributed by atoms with E-state index in [1.54, 1.807) is 24.1 Å². The molecule has 1 aliphatic heterocycles. The highest BCUT2D eigenvalue weighted by molar-refractivity contribution is 6.08. The summed E-state index contributed by atoms with van der Waals surface area (Å²) in [6.07, 6.45) is 0.794. The van der Waals surface area contributed by atoms with Gasteiger partial charge in [0.1, 0.15) is 5.75 Å². The van der Waals surface area contributed by atoms with Crippen LogP contribution in [0.4, 0.5) is 5.69 Å². The molecule has 0 saturated carbocycles. The molecule has 1 amide bonds. The fourth-order valence-corrected chi connectivity index (χ4v) is 3.08. The number of ether oxygens (including phenoxy) is 4. The van der Waals surface area contributed by atoms with Gasteiger partial charge < -0.3 is 23.8 Å². The van der Waals surface area contributed by atoms with Gasteiger partial charge in [0.25, 0.3) is 5.91 Å². The molecule has 0 aromatic heterocycles. The largest absolute Gasteiger partial charge is 0.497 e. The third-order valence-corrected chi connectivity index (χ3v) is 4.34. The van der Waals surface area contributed by atoms with E-state index in [1.807, 2.05) is 18.2 Å². The predicted octanol–water partition coefficient (Wildman–Crippen LogP) is 2.92. The highest BCUT2D eigenvalue weighted by atomic mass is 16.5. The Balaban J connectivity index is 1.98. The van der Waals surface area contributed by atoms with Crippen molar-refractivity contribution in [1.82, 2.24) is 0 Å². The van der Waals surface area contributed by atoms with Crippen molar-refractivity contribution in [3.8, 4) is 23.0 Å². The summed E-state index contributed by atoms with van der Waals surface area (Å²) in [4.78, 5) is 14.8. The lowest BCUT2D eigenvalue weighted by Gasteiger charge is -2.19. The van der Waals surface area contributed by atoms with Gasteiger partial charge >= 0.3 is 0 Å². The van der Waals surface area contributed by atoms with Crippen LogP contribution in [0.3, 0.4) is 0 Å². The van der Waals surface area contributed by atoms with Gasteiger partial charge in [0.05, 0.1) is 28.4 Å². The lowest BCUT2D eigenvalue weighted by atomic mass is 10.1. The van der Waals surface area contributed by atoms with E-state index in [9.17, 15) is 4.79 Å². The number of nitrogens with zero attached hydrogens (tertiary/aromatic N) is 1. The number of hydrogen-bond acceptors (Lipinski definition) is 5. The van der Waals surface area contributed by atoms with Crippen LogP contribution in [0, 0.1) is 0 Å². The van der Waals surface area contributed by atoms with Crippen molar-refractivity contribution < 1.29 is 23.7 Å². The summed E-state index contributed by atoms with van der Waals surface area (Å²) in [5.41, 5.74) is 2.48. The Kier molecular flexibility index (Phi) is 4.70. The van der Waals surface area contributed by atoms with Gasteiger partial charge in [0, 0.05) is 17.8 Å². The van der Waals surface area contributed by atoms with Crippen LogP contribution in [-0.4, -0.2) is 40.9 Å². The molecule has 0 bridgehead atoms. The maximum absolute atomic E-state index is 13.0. The molecule has 2 aromatic rings. The summed E-state index contributed by atoms with van der Waals surface area (Å²) in [6, 6.07) is 9.09. The third kappa shape index (κ3) is 2.95. The molecule has 0 unspecified atom stereocenters. The molecule has 1 aliphatic rings. The number of benzene rings is 2. The van der Waals surface area contributed by atoms with Gasteiger partial charge in [0.2, 0.25) is 5.75 Å². The van der Waals surface area contributed by atoms with Gasteiger partial charge in [-0.15, -0.1) is 0 Å². The van der Waals surface area contributed by atoms with Gasteiger partial charge in [-0.2, -0.15) is 0 Å². The van der Waals surface area contributed by atoms with Crippen molar-refractivity contribution in [3.05, 3.63) is 41.5 Å². The van der Waals surface area contributed by atoms with Crippen LogP contribution in [0.15, 0.2) is 30.3 Å². The number of anilines is 1. The summed E-state index contributed by atoms with van der Waals surface area (Å²) in [6.45, 7) is 0.623. The van der Waals surface area contributed by atoms with Crippen LogP contribution in [0.25, 0.3) is 0 Å². The van der Waals surface area contributed by atoms with Crippen molar-refractivity contribution in [2.45, 2.75) is 6.42 Å². The average Bonchev–Trinajstić information content (AvgIpc) is 3.08. The Hall–Kier alpha value is -2.89. The molecule has 0 N–H and O–H groups in total. The molecule has 1 heterocycles. The summed E-state index contributed by atoms with van der Waals surface area (Å²) in [5, 5.41) is 0. The fourth-order valence-electron chi connectivity index (χ4n) is 3.08. The molecular weight excluding hydrogens is 322 g/mol. The SMILES string of the molecule is COc1ccc2c(c1)CCN2C(=O)c1cc(OC)c(OC)c(OC)c1. The zero-order chi connectivity index (χ0) is 18.0. The Morgan fingerprint density at radius 2 is 1.60 bits per heavy atom. The number of carbonyl (C=O) groups excluding carboxylic acids is 1. The number of amides is 1. The van der Waals surface area contributed by atoms with E-state index < -0.39 is 0 Å². The van der Waals surface area contributed by atoms with Gasteiger partial charge in [0.15, 0.2) is 11.5 Å². The summed E-state index contributed by atoms with van der Waals surface area (Å²) in [5.74, 6) is 2.07. The van der Waals surface area contributed by atoms with E-state index in [1.165, 1.54) is 21.3 Å². The molecule has 6 nitrogen and oxygen atoms in total. The van der Waals surface area contributed by atoms with E-state index in [4.69, 9.17) is 18.9 Å². The zero-order valence-electron chi connectivity index (χ0n) is 14.8. The first-order valence-electron chi connectivity index (χ1n) is 7.91. The molecule has 0 radical (unpaired) electrons. The minimum absolute atomic E-state index is 0.108. The van der Waals surface area contributed by atoms with E-state index in [0.29, 0.717) is 29.4 Å². The number of hydrogen-bond donors (Lipinski definition) is 0. The molecule has 0 saturated heterocycles. The smallest absolute Gasteiger partial charge is 0.258 e. The van der Waals surface area contributed by atoms with Crippen molar-refractivity contribution in [1.29, 1.82) is 0 Å². The standard InChI is InChI=1S/C19H21NO5/c1-22-14-5-6-15-12(9-14)7-8-20(15)19(21)13-10-16(23-2)18(25-4)17(11-13)24-3/h5-6,9-11H,7-8H2,1-4H3. The van der Waals surface area contributed by atoms with E-state index in [2.05, 4.69) is 0 Å². The quantitative estimate of drug-likeness (QED) is 0.835. The highest BCUT2D eigenvalue weighted by Gasteiger charge is 2.27. The topological polar surface area (TPSA) is 57.2 Å². The number of rotatable bonds is 5. The molecular formula is C19H21NO5. The maximum Gasteiger partial charge on any atom is 0.258 e. The number of fused-ring (bicyclic) bond motifs is 1. The molecule has 0 aliphatic carbocycles. The lowest BCUT2D eigenvalue weighted by Crippen LogP contribution is -2.28. The third-order valence-electron chi connectivity index (χ3n) is 4.34. The van der Waals surface area contributed by atoms with Crippen molar-refractivity contribution in [2.24, 2.45) is 0 Å². The van der Waals surface area contributed by atoms with Gasteiger partial charge in [-0.05, 0) is 42.3 Å². The zero-order valence-corrected chi connectivity index (χ0v) is 14.8. The van der Waals surface area contributed by atoms with Crippen molar-refractivity contribution in [2.75, 3.05) is 39.9 Å². The van der Waals surface area contributed by atoms with Crippen molar-refractivity contribution in [3.63, 3.8) is 0 Å². The first-order chi connectivity index (χ1) is 12.1. The van der Waals surface area contributed by atoms with Crippen LogP contribution in [-0.2, 0) is 6.42 Å². The lowest BCUT2D eigenvalue weighted by molar-refractivity contribution is 0.0988. The molecule has 6 heteroatoms. The molecule has 0 fully saturated rings. The monoisotopic (exact) mass is 343 g/mol. The van der Waals surface area contributed by atoms with Crippen molar-refractivity contribution >= 4 is 11.6 Å². The summed E-state index contributed by atoms with van der Waals surface area (Å²) >= 11 is 0. The summed E-state index contributed by atoms with van der Waals surface area (Å²) in [7, 11) is 6.23. The predicted molar refractivity (Wildman–Crippen MR) is 94.5 cm³/mol. The first-order valence-corrected chi connectivity index (χ1v) is 7.91. The van der Waals surface area contributed by atoms with Crippen LogP contribution >= 0.6 is 0 Å². The Morgan fingerprint density at radius 3 is 2.16 bits per heavy atom. The van der Waals surface area contributed by atoms with E-state index in [-0.39, 0.29) is 5.91 Å². The van der Waals surface area contributed by atoms with Crippen LogP contribution in [0.1, 0.15) is 15.9 Å².